The number of thiocarbonyl (C=S) groups is 1. The van der Waals surface area contributed by atoms with Gasteiger partial charge in [0.2, 0.25) is 5.91 Å². The summed E-state index contributed by atoms with van der Waals surface area (Å²) in [5.41, 5.74) is 5.14. The molecule has 1 saturated heterocycles. The number of fused-ring (bicyclic) bond motifs is 1. The van der Waals surface area contributed by atoms with Crippen molar-refractivity contribution in [1.82, 2.24) is 4.90 Å². The molecule has 108 valence electrons. The molecule has 1 heterocycles. The highest BCUT2D eigenvalue weighted by Crippen LogP contribution is 2.40. The highest BCUT2D eigenvalue weighted by molar-refractivity contribution is 7.80. The van der Waals surface area contributed by atoms with E-state index in [0.717, 1.165) is 19.4 Å². The van der Waals surface area contributed by atoms with E-state index >= 15 is 0 Å². The third kappa shape index (κ3) is 2.27. The SMILES string of the molecule is CCC(CC)(C(=O)N1CC2CCC(O)C2C1)C(N)=S. The molecule has 5 heteroatoms. The highest BCUT2D eigenvalue weighted by Gasteiger charge is 2.48. The van der Waals surface area contributed by atoms with Crippen molar-refractivity contribution in [2.45, 2.75) is 45.6 Å². The average Bonchev–Trinajstić information content (AvgIpc) is 2.94. The standard InChI is InChI=1S/C14H24N2O2S/c1-3-14(4-2,12(15)19)13(18)16-7-9-5-6-11(17)10(9)8-16/h9-11,17H,3-8H2,1-2H3,(H2,15,19). The first-order valence-corrected chi connectivity index (χ1v) is 7.64. The monoisotopic (exact) mass is 284 g/mol. The minimum atomic E-state index is -0.696. The summed E-state index contributed by atoms with van der Waals surface area (Å²) in [6.07, 6.45) is 2.94. The Morgan fingerprint density at radius 2 is 2.00 bits per heavy atom. The van der Waals surface area contributed by atoms with E-state index in [0.29, 0.717) is 30.3 Å². The third-order valence-electron chi connectivity index (χ3n) is 5.19. The molecule has 3 atom stereocenters. The molecule has 0 aromatic heterocycles. The van der Waals surface area contributed by atoms with Crippen LogP contribution in [0.4, 0.5) is 0 Å². The van der Waals surface area contributed by atoms with Gasteiger partial charge in [0, 0.05) is 19.0 Å². The third-order valence-corrected chi connectivity index (χ3v) is 5.59. The zero-order chi connectivity index (χ0) is 14.2. The van der Waals surface area contributed by atoms with Gasteiger partial charge in [0.25, 0.3) is 0 Å². The van der Waals surface area contributed by atoms with Gasteiger partial charge in [0.05, 0.1) is 16.5 Å². The summed E-state index contributed by atoms with van der Waals surface area (Å²) in [5.74, 6) is 0.769. The van der Waals surface area contributed by atoms with E-state index in [2.05, 4.69) is 0 Å². The summed E-state index contributed by atoms with van der Waals surface area (Å²) >= 11 is 5.14. The Morgan fingerprint density at radius 3 is 2.47 bits per heavy atom. The molecule has 3 unspecified atom stereocenters. The van der Waals surface area contributed by atoms with Gasteiger partial charge in [-0.05, 0) is 31.6 Å². The van der Waals surface area contributed by atoms with Crippen LogP contribution in [0.1, 0.15) is 39.5 Å². The van der Waals surface area contributed by atoms with Crippen LogP contribution in [0.25, 0.3) is 0 Å². The molecule has 0 radical (unpaired) electrons. The molecule has 1 amide bonds. The number of hydrogen-bond acceptors (Lipinski definition) is 3. The van der Waals surface area contributed by atoms with E-state index in [1.54, 1.807) is 0 Å². The first kappa shape index (κ1) is 14.7. The van der Waals surface area contributed by atoms with Crippen LogP contribution >= 0.6 is 12.2 Å². The van der Waals surface area contributed by atoms with Gasteiger partial charge >= 0.3 is 0 Å². The maximum atomic E-state index is 12.8. The lowest BCUT2D eigenvalue weighted by Gasteiger charge is -2.33. The minimum absolute atomic E-state index is 0.0617. The fourth-order valence-corrected chi connectivity index (χ4v) is 4.09. The molecule has 1 aliphatic carbocycles. The second-order valence-electron chi connectivity index (χ2n) is 5.93. The predicted octanol–water partition coefficient (Wildman–Crippen LogP) is 1.31. The minimum Gasteiger partial charge on any atom is -0.393 e. The smallest absolute Gasteiger partial charge is 0.235 e. The number of rotatable bonds is 4. The molecule has 2 fully saturated rings. The van der Waals surface area contributed by atoms with Crippen LogP contribution in [0.5, 0.6) is 0 Å². The number of amides is 1. The lowest BCUT2D eigenvalue weighted by Crippen LogP contribution is -2.49. The Hall–Kier alpha value is -0.680. The molecule has 1 aliphatic heterocycles. The first-order chi connectivity index (χ1) is 8.96. The molecule has 4 nitrogen and oxygen atoms in total. The predicted molar refractivity (Wildman–Crippen MR) is 78.6 cm³/mol. The number of nitrogens with zero attached hydrogens (tertiary/aromatic N) is 1. The van der Waals surface area contributed by atoms with Gasteiger partial charge in [-0.1, -0.05) is 26.1 Å². The van der Waals surface area contributed by atoms with Crippen molar-refractivity contribution < 1.29 is 9.90 Å². The van der Waals surface area contributed by atoms with Crippen LogP contribution < -0.4 is 5.73 Å². The van der Waals surface area contributed by atoms with Gasteiger partial charge in [-0.2, -0.15) is 0 Å². The van der Waals surface area contributed by atoms with Crippen molar-refractivity contribution in [2.75, 3.05) is 13.1 Å². The van der Waals surface area contributed by atoms with Crippen molar-refractivity contribution in [2.24, 2.45) is 23.0 Å². The number of likely N-dealkylation sites (tertiary alicyclic amines) is 1. The number of carbonyl (C=O) groups excluding carboxylic acids is 1. The van der Waals surface area contributed by atoms with Gasteiger partial charge < -0.3 is 15.7 Å². The fraction of sp³-hybridized carbons (Fsp3) is 0.857. The summed E-state index contributed by atoms with van der Waals surface area (Å²) in [6, 6.07) is 0. The first-order valence-electron chi connectivity index (χ1n) is 7.23. The summed E-state index contributed by atoms with van der Waals surface area (Å²) in [6.45, 7) is 5.35. The van der Waals surface area contributed by atoms with E-state index in [1.807, 2.05) is 18.7 Å². The van der Waals surface area contributed by atoms with Crippen LogP contribution in [0, 0.1) is 17.3 Å². The van der Waals surface area contributed by atoms with Crippen LogP contribution in [0.2, 0.25) is 0 Å². The van der Waals surface area contributed by atoms with Crippen LogP contribution in [0.15, 0.2) is 0 Å². The average molecular weight is 284 g/mol. The maximum Gasteiger partial charge on any atom is 0.235 e. The molecule has 0 bridgehead atoms. The van der Waals surface area contributed by atoms with Crippen LogP contribution in [-0.2, 0) is 4.79 Å². The molecular formula is C14H24N2O2S. The second-order valence-corrected chi connectivity index (χ2v) is 6.37. The van der Waals surface area contributed by atoms with Crippen LogP contribution in [-0.4, -0.2) is 40.1 Å². The Kier molecular flexibility index (Phi) is 4.16. The normalized spacial score (nSPS) is 30.5. The van der Waals surface area contributed by atoms with E-state index in [-0.39, 0.29) is 17.9 Å². The summed E-state index contributed by atoms with van der Waals surface area (Å²) in [4.78, 5) is 15.0. The van der Waals surface area contributed by atoms with Gasteiger partial charge in [-0.25, -0.2) is 0 Å². The molecule has 2 rings (SSSR count). The molecular weight excluding hydrogens is 260 g/mol. The van der Waals surface area contributed by atoms with E-state index in [1.165, 1.54) is 0 Å². The van der Waals surface area contributed by atoms with Gasteiger partial charge in [0.15, 0.2) is 0 Å². The topological polar surface area (TPSA) is 66.6 Å². The molecule has 0 aromatic carbocycles. The van der Waals surface area contributed by atoms with Crippen molar-refractivity contribution in [1.29, 1.82) is 0 Å². The van der Waals surface area contributed by atoms with E-state index < -0.39 is 5.41 Å². The largest absolute Gasteiger partial charge is 0.393 e. The number of hydrogen-bond donors (Lipinski definition) is 2. The summed E-state index contributed by atoms with van der Waals surface area (Å²) in [7, 11) is 0. The van der Waals surface area contributed by atoms with E-state index in [4.69, 9.17) is 18.0 Å². The molecule has 0 aromatic rings. The Labute approximate surface area is 120 Å². The lowest BCUT2D eigenvalue weighted by molar-refractivity contribution is -0.138. The summed E-state index contributed by atoms with van der Waals surface area (Å²) in [5, 5.41) is 9.94. The van der Waals surface area contributed by atoms with E-state index in [9.17, 15) is 9.90 Å². The zero-order valence-corrected chi connectivity index (χ0v) is 12.6. The number of aliphatic hydroxyl groups excluding tert-OH is 1. The number of aliphatic hydroxyl groups is 1. The fourth-order valence-electron chi connectivity index (χ4n) is 3.71. The van der Waals surface area contributed by atoms with Crippen molar-refractivity contribution in [3.63, 3.8) is 0 Å². The Balaban J connectivity index is 2.14. The molecule has 1 saturated carbocycles. The van der Waals surface area contributed by atoms with Crippen molar-refractivity contribution in [3.8, 4) is 0 Å². The summed E-state index contributed by atoms with van der Waals surface area (Å²) < 4.78 is 0. The van der Waals surface area contributed by atoms with Gasteiger partial charge in [-0.15, -0.1) is 0 Å². The maximum absolute atomic E-state index is 12.8. The number of nitrogens with two attached hydrogens (primary N) is 1. The van der Waals surface area contributed by atoms with Crippen molar-refractivity contribution >= 4 is 23.1 Å². The van der Waals surface area contributed by atoms with Crippen LogP contribution in [0.3, 0.4) is 0 Å². The second kappa shape index (κ2) is 5.37. The molecule has 3 N–H and O–H groups in total. The zero-order valence-electron chi connectivity index (χ0n) is 11.8. The Bertz CT molecular complexity index is 382. The molecule has 0 spiro atoms. The molecule has 2 aliphatic rings. The van der Waals surface area contributed by atoms with Crippen molar-refractivity contribution in [3.05, 3.63) is 0 Å². The lowest BCUT2D eigenvalue weighted by atomic mass is 9.80. The Morgan fingerprint density at radius 1 is 1.37 bits per heavy atom. The van der Waals surface area contributed by atoms with Gasteiger partial charge in [0.1, 0.15) is 0 Å². The molecule has 19 heavy (non-hydrogen) atoms. The number of carbonyl (C=O) groups is 1. The van der Waals surface area contributed by atoms with Gasteiger partial charge in [-0.3, -0.25) is 4.79 Å². The highest BCUT2D eigenvalue weighted by atomic mass is 32.1. The quantitative estimate of drug-likeness (QED) is 0.764.